The highest BCUT2D eigenvalue weighted by Crippen LogP contribution is 2.38. The molecular weight excluding hydrogens is 555 g/mol. The molecule has 2 aliphatic rings. The van der Waals surface area contributed by atoms with Gasteiger partial charge in [0.1, 0.15) is 0 Å². The lowest BCUT2D eigenvalue weighted by Crippen LogP contribution is -2.44. The fourth-order valence-electron chi connectivity index (χ4n) is 5.27. The number of likely N-dealkylation sites (tertiary alicyclic amines) is 1. The van der Waals surface area contributed by atoms with Gasteiger partial charge in [-0.15, -0.1) is 0 Å². The summed E-state index contributed by atoms with van der Waals surface area (Å²) < 4.78 is 31.6. The van der Waals surface area contributed by atoms with E-state index in [1.807, 2.05) is 48.5 Å². The van der Waals surface area contributed by atoms with E-state index >= 15 is 0 Å². The summed E-state index contributed by atoms with van der Waals surface area (Å²) in [4.78, 5) is 15.3. The maximum Gasteiger partial charge on any atom is 0.251 e. The van der Waals surface area contributed by atoms with E-state index in [1.54, 1.807) is 24.3 Å². The summed E-state index contributed by atoms with van der Waals surface area (Å²) in [6, 6.07) is 22.1. The highest BCUT2D eigenvalue weighted by molar-refractivity contribution is 8.00. The molecule has 2 fully saturated rings. The molecule has 2 heterocycles. The van der Waals surface area contributed by atoms with Crippen LogP contribution in [-0.4, -0.2) is 57.8 Å². The van der Waals surface area contributed by atoms with Crippen molar-refractivity contribution >= 4 is 43.9 Å². The number of carbonyl (C=O) groups is 1. The molecule has 5 rings (SSSR count). The van der Waals surface area contributed by atoms with E-state index in [-0.39, 0.29) is 23.0 Å². The van der Waals surface area contributed by atoms with Crippen molar-refractivity contribution in [1.82, 2.24) is 10.2 Å². The molecule has 0 spiro atoms. The minimum atomic E-state index is -3.57. The van der Waals surface area contributed by atoms with Gasteiger partial charge in [-0.2, -0.15) is 0 Å². The van der Waals surface area contributed by atoms with E-state index in [4.69, 9.17) is 27.9 Å². The third-order valence-corrected chi connectivity index (χ3v) is 8.89. The molecule has 0 aromatic heterocycles. The molecule has 2 aliphatic heterocycles. The van der Waals surface area contributed by atoms with E-state index in [9.17, 15) is 13.2 Å². The second-order valence-corrected chi connectivity index (χ2v) is 12.9. The van der Waals surface area contributed by atoms with Crippen molar-refractivity contribution in [3.63, 3.8) is 0 Å². The van der Waals surface area contributed by atoms with Gasteiger partial charge in [0.25, 0.3) is 5.91 Å². The van der Waals surface area contributed by atoms with Gasteiger partial charge in [0.2, 0.25) is 0 Å². The Morgan fingerprint density at radius 3 is 2.10 bits per heavy atom. The summed E-state index contributed by atoms with van der Waals surface area (Å²) in [5, 5.41) is 4.21. The Hall–Kier alpha value is -2.68. The first-order valence-electron chi connectivity index (χ1n) is 12.9. The van der Waals surface area contributed by atoms with Crippen molar-refractivity contribution in [3.8, 4) is 0 Å². The number of hydrogen-bond acceptors (Lipinski definition) is 5. The quantitative estimate of drug-likeness (QED) is 0.364. The second kappa shape index (κ2) is 11.8. The zero-order valence-corrected chi connectivity index (χ0v) is 23.9. The van der Waals surface area contributed by atoms with Gasteiger partial charge in [-0.05, 0) is 71.5 Å². The highest BCUT2D eigenvalue weighted by atomic mass is 35.5. The molecule has 0 aliphatic carbocycles. The summed E-state index contributed by atoms with van der Waals surface area (Å²) >= 11 is 12.3. The molecule has 0 saturated carbocycles. The van der Waals surface area contributed by atoms with Crippen molar-refractivity contribution in [2.45, 2.75) is 25.0 Å². The number of hydrogen-bond donors (Lipinski definition) is 1. The topological polar surface area (TPSA) is 75.7 Å². The van der Waals surface area contributed by atoms with Crippen LogP contribution in [0.25, 0.3) is 4.91 Å². The molecule has 39 heavy (non-hydrogen) atoms. The lowest BCUT2D eigenvalue weighted by molar-refractivity contribution is 0.0857. The first kappa shape index (κ1) is 27.9. The first-order chi connectivity index (χ1) is 18.7. The van der Waals surface area contributed by atoms with Crippen molar-refractivity contribution in [3.05, 3.63) is 111 Å². The van der Waals surface area contributed by atoms with Crippen LogP contribution < -0.4 is 5.32 Å². The number of benzene rings is 3. The number of sulfone groups is 1. The van der Waals surface area contributed by atoms with Gasteiger partial charge in [-0.25, -0.2) is 8.42 Å². The number of halogens is 2. The van der Waals surface area contributed by atoms with E-state index in [0.29, 0.717) is 40.8 Å². The average molecular weight is 586 g/mol. The third kappa shape index (κ3) is 6.56. The molecular formula is C30H30Cl2N2O4S. The molecule has 204 valence electrons. The fourth-order valence-corrected chi connectivity index (χ4v) is 6.73. The minimum Gasteiger partial charge on any atom is -0.376 e. The fraction of sp³-hybridized carbons (Fsp3) is 0.300. The maximum atomic E-state index is 13.0. The van der Waals surface area contributed by atoms with Crippen LogP contribution in [0.2, 0.25) is 10.0 Å². The lowest BCUT2D eigenvalue weighted by atomic mass is 9.92. The van der Waals surface area contributed by atoms with Crippen LogP contribution in [-0.2, 0) is 14.6 Å². The molecule has 3 aromatic rings. The second-order valence-electron chi connectivity index (χ2n) is 10.0. The highest BCUT2D eigenvalue weighted by Gasteiger charge is 2.34. The summed E-state index contributed by atoms with van der Waals surface area (Å²) in [6.07, 6.45) is 3.17. The van der Waals surface area contributed by atoms with Crippen LogP contribution in [0.15, 0.2) is 78.4 Å². The van der Waals surface area contributed by atoms with E-state index in [2.05, 4.69) is 10.2 Å². The summed E-state index contributed by atoms with van der Waals surface area (Å²) in [7, 11) is -3.57. The molecule has 1 atom stereocenters. The van der Waals surface area contributed by atoms with Gasteiger partial charge in [0, 0.05) is 48.1 Å². The molecule has 3 aromatic carbocycles. The lowest BCUT2D eigenvalue weighted by Gasteiger charge is -2.42. The van der Waals surface area contributed by atoms with Crippen molar-refractivity contribution < 1.29 is 17.9 Å². The molecule has 1 amide bonds. The van der Waals surface area contributed by atoms with E-state index in [1.165, 1.54) is 6.26 Å². The molecule has 0 bridgehead atoms. The number of rotatable bonds is 8. The van der Waals surface area contributed by atoms with Crippen LogP contribution in [0, 0.1) is 0 Å². The van der Waals surface area contributed by atoms with Gasteiger partial charge < -0.3 is 10.1 Å². The largest absolute Gasteiger partial charge is 0.376 e. The van der Waals surface area contributed by atoms with Crippen molar-refractivity contribution in [2.24, 2.45) is 0 Å². The summed E-state index contributed by atoms with van der Waals surface area (Å²) in [6.45, 7) is 2.09. The summed E-state index contributed by atoms with van der Waals surface area (Å²) in [5.41, 5.74) is 3.84. The number of nitrogens with zero attached hydrogens (tertiary/aromatic N) is 1. The Morgan fingerprint density at radius 1 is 0.974 bits per heavy atom. The van der Waals surface area contributed by atoms with Gasteiger partial charge >= 0.3 is 0 Å². The summed E-state index contributed by atoms with van der Waals surface area (Å²) in [5.74, 6) is -0.244. The molecule has 6 nitrogen and oxygen atoms in total. The SMILES string of the molecule is CS(=O)(=O)C(=C1CN(C(c2ccc(Cl)cc2)c2ccc(Cl)cc2)C1)c1cccc(C(=O)NCC2CCCO2)c1. The van der Waals surface area contributed by atoms with Gasteiger partial charge in [0.05, 0.1) is 17.1 Å². The Kier molecular flexibility index (Phi) is 8.45. The molecule has 2 saturated heterocycles. The number of carbonyl (C=O) groups excluding carboxylic acids is 1. The van der Waals surface area contributed by atoms with Crippen molar-refractivity contribution in [1.29, 1.82) is 0 Å². The molecule has 9 heteroatoms. The Labute approximate surface area is 239 Å². The molecule has 0 radical (unpaired) electrons. The smallest absolute Gasteiger partial charge is 0.251 e. The van der Waals surface area contributed by atoms with Crippen LogP contribution in [0.4, 0.5) is 0 Å². The predicted molar refractivity (Wildman–Crippen MR) is 156 cm³/mol. The third-order valence-electron chi connectivity index (χ3n) is 7.12. The zero-order chi connectivity index (χ0) is 27.6. The zero-order valence-electron chi connectivity index (χ0n) is 21.6. The molecule has 1 unspecified atom stereocenters. The average Bonchev–Trinajstić information content (AvgIpc) is 3.41. The minimum absolute atomic E-state index is 0.0287. The van der Waals surface area contributed by atoms with Crippen LogP contribution in [0.1, 0.15) is 45.9 Å². The van der Waals surface area contributed by atoms with Gasteiger partial charge in [-0.1, -0.05) is 59.6 Å². The maximum absolute atomic E-state index is 13.0. The monoisotopic (exact) mass is 584 g/mol. The normalized spacial score (nSPS) is 17.7. The first-order valence-corrected chi connectivity index (χ1v) is 15.5. The Morgan fingerprint density at radius 2 is 1.56 bits per heavy atom. The number of nitrogens with one attached hydrogen (secondary N) is 1. The van der Waals surface area contributed by atoms with E-state index < -0.39 is 9.84 Å². The standard InChI is InChI=1S/C30H30Cl2N2O4S/c1-39(36,37)29(22-4-2-5-23(16-22)30(35)33-17-27-6-3-15-38-27)24-18-34(19-24)28(20-7-11-25(31)12-8-20)21-9-13-26(32)14-10-21/h2,4-5,7-14,16,27-28H,3,6,15,17-19H2,1H3,(H,33,35). The van der Waals surface area contributed by atoms with E-state index in [0.717, 1.165) is 36.1 Å². The Bertz CT molecular complexity index is 1430. The van der Waals surface area contributed by atoms with Crippen LogP contribution >= 0.6 is 23.2 Å². The van der Waals surface area contributed by atoms with Gasteiger partial charge in [0.15, 0.2) is 9.84 Å². The predicted octanol–water partition coefficient (Wildman–Crippen LogP) is 5.76. The van der Waals surface area contributed by atoms with Crippen LogP contribution in [0.3, 0.4) is 0 Å². The van der Waals surface area contributed by atoms with Crippen molar-refractivity contribution in [2.75, 3.05) is 32.5 Å². The van der Waals surface area contributed by atoms with Crippen LogP contribution in [0.5, 0.6) is 0 Å². The molecule has 1 N–H and O–H groups in total. The number of ether oxygens (including phenoxy) is 1. The number of amides is 1. The van der Waals surface area contributed by atoms with Gasteiger partial charge in [-0.3, -0.25) is 9.69 Å². The Balaban J connectivity index is 1.41.